The maximum absolute atomic E-state index is 13.1. The molecule has 0 amide bonds. The Balaban J connectivity index is 2.39. The van der Waals surface area contributed by atoms with Gasteiger partial charge in [0.15, 0.2) is 0 Å². The van der Waals surface area contributed by atoms with Gasteiger partial charge in [0, 0.05) is 6.07 Å². The lowest BCUT2D eigenvalue weighted by atomic mass is 10.2. The topological polar surface area (TPSA) is 9.23 Å². The Morgan fingerprint density at radius 2 is 2.07 bits per heavy atom. The van der Waals surface area contributed by atoms with E-state index >= 15 is 0 Å². The van der Waals surface area contributed by atoms with Gasteiger partial charge >= 0.3 is 0 Å². The molecule has 2 heteroatoms. The molecule has 0 aliphatic rings. The first-order valence-electron chi connectivity index (χ1n) is 5.13. The van der Waals surface area contributed by atoms with Crippen molar-refractivity contribution < 1.29 is 9.13 Å². The summed E-state index contributed by atoms with van der Waals surface area (Å²) in [6.07, 6.45) is 3.37. The number of hydrogen-bond donors (Lipinski definition) is 0. The summed E-state index contributed by atoms with van der Waals surface area (Å²) in [6, 6.07) is 5.00. The van der Waals surface area contributed by atoms with Crippen LogP contribution in [0.3, 0.4) is 0 Å². The second kappa shape index (κ2) is 5.63. The van der Waals surface area contributed by atoms with E-state index in [2.05, 4.69) is 6.92 Å². The van der Waals surface area contributed by atoms with E-state index in [1.54, 1.807) is 13.0 Å². The molecule has 0 saturated carbocycles. The summed E-state index contributed by atoms with van der Waals surface area (Å²) < 4.78 is 18.5. The van der Waals surface area contributed by atoms with Gasteiger partial charge in [-0.25, -0.2) is 4.39 Å². The Labute approximate surface area is 84.9 Å². The SMILES string of the molecule is CCCCCOc1ccc(C)c(F)c1. The molecule has 1 aromatic carbocycles. The number of hydrogen-bond acceptors (Lipinski definition) is 1. The molecule has 0 fully saturated rings. The Morgan fingerprint density at radius 3 is 2.71 bits per heavy atom. The van der Waals surface area contributed by atoms with Gasteiger partial charge in [-0.2, -0.15) is 0 Å². The van der Waals surface area contributed by atoms with Gasteiger partial charge in [0.25, 0.3) is 0 Å². The van der Waals surface area contributed by atoms with Crippen LogP contribution >= 0.6 is 0 Å². The van der Waals surface area contributed by atoms with E-state index in [-0.39, 0.29) is 5.82 Å². The van der Waals surface area contributed by atoms with Crippen LogP contribution in [0.4, 0.5) is 4.39 Å². The van der Waals surface area contributed by atoms with E-state index in [9.17, 15) is 4.39 Å². The van der Waals surface area contributed by atoms with Crippen molar-refractivity contribution in [3.8, 4) is 5.75 Å². The number of rotatable bonds is 5. The van der Waals surface area contributed by atoms with Crippen LogP contribution in [0, 0.1) is 12.7 Å². The molecular formula is C12H17FO. The molecule has 14 heavy (non-hydrogen) atoms. The highest BCUT2D eigenvalue weighted by atomic mass is 19.1. The van der Waals surface area contributed by atoms with Crippen molar-refractivity contribution in [2.75, 3.05) is 6.61 Å². The number of unbranched alkanes of at least 4 members (excludes halogenated alkanes) is 2. The Bertz CT molecular complexity index is 284. The van der Waals surface area contributed by atoms with Gasteiger partial charge < -0.3 is 4.74 Å². The minimum absolute atomic E-state index is 0.196. The van der Waals surface area contributed by atoms with Crippen LogP contribution in [0.15, 0.2) is 18.2 Å². The van der Waals surface area contributed by atoms with Gasteiger partial charge in [0.05, 0.1) is 6.61 Å². The van der Waals surface area contributed by atoms with Gasteiger partial charge in [-0.3, -0.25) is 0 Å². The second-order valence-corrected chi connectivity index (χ2v) is 3.47. The molecule has 0 aliphatic heterocycles. The van der Waals surface area contributed by atoms with Crippen LogP contribution in [0.1, 0.15) is 31.7 Å². The number of halogens is 1. The Kier molecular flexibility index (Phi) is 4.44. The average Bonchev–Trinajstić information content (AvgIpc) is 2.18. The fourth-order valence-corrected chi connectivity index (χ4v) is 1.21. The normalized spacial score (nSPS) is 10.2. The third-order valence-corrected chi connectivity index (χ3v) is 2.16. The average molecular weight is 196 g/mol. The maximum atomic E-state index is 13.1. The van der Waals surface area contributed by atoms with Gasteiger partial charge in [-0.1, -0.05) is 25.8 Å². The molecular weight excluding hydrogens is 179 g/mol. The highest BCUT2D eigenvalue weighted by Gasteiger charge is 1.99. The zero-order valence-corrected chi connectivity index (χ0v) is 8.85. The lowest BCUT2D eigenvalue weighted by Crippen LogP contribution is -1.97. The highest BCUT2D eigenvalue weighted by molar-refractivity contribution is 5.27. The number of benzene rings is 1. The summed E-state index contributed by atoms with van der Waals surface area (Å²) in [7, 11) is 0. The molecule has 0 N–H and O–H groups in total. The van der Waals surface area contributed by atoms with Gasteiger partial charge in [-0.15, -0.1) is 0 Å². The summed E-state index contributed by atoms with van der Waals surface area (Å²) in [5.41, 5.74) is 0.658. The van der Waals surface area contributed by atoms with Crippen LogP contribution in [-0.2, 0) is 0 Å². The predicted molar refractivity (Wildman–Crippen MR) is 56.2 cm³/mol. The molecule has 78 valence electrons. The van der Waals surface area contributed by atoms with E-state index in [1.807, 2.05) is 6.07 Å². The summed E-state index contributed by atoms with van der Waals surface area (Å²) >= 11 is 0. The van der Waals surface area contributed by atoms with Gasteiger partial charge in [0.2, 0.25) is 0 Å². The lowest BCUT2D eigenvalue weighted by molar-refractivity contribution is 0.304. The molecule has 1 aromatic rings. The van der Waals surface area contributed by atoms with Crippen molar-refractivity contribution in [3.05, 3.63) is 29.6 Å². The van der Waals surface area contributed by atoms with E-state index in [0.29, 0.717) is 17.9 Å². The first-order valence-corrected chi connectivity index (χ1v) is 5.13. The van der Waals surface area contributed by atoms with E-state index < -0.39 is 0 Å². The number of aryl methyl sites for hydroxylation is 1. The van der Waals surface area contributed by atoms with Crippen LogP contribution in [0.2, 0.25) is 0 Å². The monoisotopic (exact) mass is 196 g/mol. The third kappa shape index (κ3) is 3.36. The largest absolute Gasteiger partial charge is 0.493 e. The van der Waals surface area contributed by atoms with E-state index in [0.717, 1.165) is 12.8 Å². The summed E-state index contributed by atoms with van der Waals surface area (Å²) in [5, 5.41) is 0. The van der Waals surface area contributed by atoms with Gasteiger partial charge in [-0.05, 0) is 25.0 Å². The molecule has 0 spiro atoms. The Hall–Kier alpha value is -1.05. The molecule has 0 bridgehead atoms. The van der Waals surface area contributed by atoms with Crippen LogP contribution in [0.25, 0.3) is 0 Å². The van der Waals surface area contributed by atoms with Gasteiger partial charge in [0.1, 0.15) is 11.6 Å². The molecule has 0 aromatic heterocycles. The Morgan fingerprint density at radius 1 is 1.29 bits per heavy atom. The van der Waals surface area contributed by atoms with Crippen molar-refractivity contribution in [3.63, 3.8) is 0 Å². The zero-order valence-electron chi connectivity index (χ0n) is 8.85. The summed E-state index contributed by atoms with van der Waals surface area (Å²) in [5.74, 6) is 0.433. The summed E-state index contributed by atoms with van der Waals surface area (Å²) in [6.45, 7) is 4.57. The molecule has 0 unspecified atom stereocenters. The first kappa shape index (κ1) is 11.0. The fraction of sp³-hybridized carbons (Fsp3) is 0.500. The van der Waals surface area contributed by atoms with E-state index in [4.69, 9.17) is 4.74 Å². The number of ether oxygens (including phenoxy) is 1. The van der Waals surface area contributed by atoms with Crippen molar-refractivity contribution in [1.82, 2.24) is 0 Å². The minimum Gasteiger partial charge on any atom is -0.493 e. The molecule has 0 saturated heterocycles. The van der Waals surface area contributed by atoms with Crippen molar-refractivity contribution in [1.29, 1.82) is 0 Å². The molecule has 0 atom stereocenters. The zero-order chi connectivity index (χ0) is 10.4. The fourth-order valence-electron chi connectivity index (χ4n) is 1.21. The summed E-state index contributed by atoms with van der Waals surface area (Å²) in [4.78, 5) is 0. The smallest absolute Gasteiger partial charge is 0.129 e. The van der Waals surface area contributed by atoms with Crippen molar-refractivity contribution in [2.45, 2.75) is 33.1 Å². The van der Waals surface area contributed by atoms with Crippen LogP contribution < -0.4 is 4.74 Å². The van der Waals surface area contributed by atoms with E-state index in [1.165, 1.54) is 12.5 Å². The lowest BCUT2D eigenvalue weighted by Gasteiger charge is -2.06. The second-order valence-electron chi connectivity index (χ2n) is 3.47. The van der Waals surface area contributed by atoms with Crippen molar-refractivity contribution >= 4 is 0 Å². The van der Waals surface area contributed by atoms with Crippen LogP contribution in [0.5, 0.6) is 5.75 Å². The molecule has 1 nitrogen and oxygen atoms in total. The predicted octanol–water partition coefficient (Wildman–Crippen LogP) is 3.70. The molecule has 0 heterocycles. The standard InChI is InChI=1S/C12H17FO/c1-3-4-5-8-14-11-7-6-10(2)12(13)9-11/h6-7,9H,3-5,8H2,1-2H3. The molecule has 1 rings (SSSR count). The van der Waals surface area contributed by atoms with Crippen molar-refractivity contribution in [2.24, 2.45) is 0 Å². The molecule has 0 radical (unpaired) electrons. The third-order valence-electron chi connectivity index (χ3n) is 2.16. The van der Waals surface area contributed by atoms with Crippen LogP contribution in [-0.4, -0.2) is 6.61 Å². The first-order chi connectivity index (χ1) is 6.74. The quantitative estimate of drug-likeness (QED) is 0.652. The maximum Gasteiger partial charge on any atom is 0.129 e. The minimum atomic E-state index is -0.196. The molecule has 0 aliphatic carbocycles. The highest BCUT2D eigenvalue weighted by Crippen LogP contribution is 2.16.